The van der Waals surface area contributed by atoms with E-state index in [1.165, 1.54) is 0 Å². The molecule has 0 aliphatic rings. The van der Waals surface area contributed by atoms with Crippen molar-refractivity contribution in [1.82, 2.24) is 0 Å². The molecule has 2 N–H and O–H groups in total. The third kappa shape index (κ3) is 1.87. The first-order chi connectivity index (χ1) is 4.56. The van der Waals surface area contributed by atoms with Gasteiger partial charge in [0.1, 0.15) is 0 Å². The maximum atomic E-state index is 10.8. The summed E-state index contributed by atoms with van der Waals surface area (Å²) in [6.07, 6.45) is 3.17. The van der Waals surface area contributed by atoms with Gasteiger partial charge in [-0.1, -0.05) is 19.9 Å². The number of nitrogens with two attached hydrogens (primary N) is 1. The van der Waals surface area contributed by atoms with Gasteiger partial charge in [0.15, 0.2) is 0 Å². The lowest BCUT2D eigenvalue weighted by molar-refractivity contribution is -0.126. The highest BCUT2D eigenvalue weighted by atomic mass is 16.1. The highest BCUT2D eigenvalue weighted by molar-refractivity contribution is 5.80. The van der Waals surface area contributed by atoms with Crippen molar-refractivity contribution in [3.05, 3.63) is 12.7 Å². The Kier molecular flexibility index (Phi) is 3.13. The van der Waals surface area contributed by atoms with E-state index < -0.39 is 0 Å². The third-order valence-corrected chi connectivity index (χ3v) is 1.97. The molecule has 0 bridgehead atoms. The maximum Gasteiger partial charge on any atom is 0.223 e. The molecule has 1 atom stereocenters. The molecule has 0 aromatic heterocycles. The predicted molar refractivity (Wildman–Crippen MR) is 42.4 cm³/mol. The number of rotatable bonds is 4. The predicted octanol–water partition coefficient (Wildman–Crippen LogP) is 1.46. The third-order valence-electron chi connectivity index (χ3n) is 1.97. The van der Waals surface area contributed by atoms with Gasteiger partial charge in [0.25, 0.3) is 0 Å². The van der Waals surface area contributed by atoms with Gasteiger partial charge in [-0.2, -0.15) is 0 Å². The van der Waals surface area contributed by atoms with Gasteiger partial charge in [-0.05, 0) is 12.8 Å². The van der Waals surface area contributed by atoms with Gasteiger partial charge < -0.3 is 5.73 Å². The zero-order valence-electron chi connectivity index (χ0n) is 6.68. The summed E-state index contributed by atoms with van der Waals surface area (Å²) in [7, 11) is 0. The molecular weight excluding hydrogens is 126 g/mol. The Bertz CT molecular complexity index is 142. The number of carbonyl (C=O) groups is 1. The van der Waals surface area contributed by atoms with Crippen LogP contribution in [0.3, 0.4) is 0 Å². The second-order valence-corrected chi connectivity index (χ2v) is 2.77. The van der Waals surface area contributed by atoms with Gasteiger partial charge >= 0.3 is 0 Å². The smallest absolute Gasteiger partial charge is 0.223 e. The summed E-state index contributed by atoms with van der Waals surface area (Å²) >= 11 is 0. The van der Waals surface area contributed by atoms with Gasteiger partial charge in [-0.3, -0.25) is 4.79 Å². The Hall–Kier alpha value is -0.790. The Labute approximate surface area is 62.1 Å². The van der Waals surface area contributed by atoms with Crippen LogP contribution in [-0.4, -0.2) is 5.91 Å². The summed E-state index contributed by atoms with van der Waals surface area (Å²) in [5.41, 5.74) is 4.79. The molecule has 0 rings (SSSR count). The molecule has 0 aromatic rings. The minimum atomic E-state index is -0.387. The van der Waals surface area contributed by atoms with E-state index in [-0.39, 0.29) is 11.3 Å². The molecule has 0 aromatic carbocycles. The van der Waals surface area contributed by atoms with Gasteiger partial charge in [-0.15, -0.1) is 6.58 Å². The second kappa shape index (κ2) is 3.40. The molecule has 58 valence electrons. The van der Waals surface area contributed by atoms with Crippen molar-refractivity contribution >= 4 is 5.91 Å². The van der Waals surface area contributed by atoms with E-state index in [9.17, 15) is 4.79 Å². The molecule has 0 saturated carbocycles. The monoisotopic (exact) mass is 141 g/mol. The van der Waals surface area contributed by atoms with E-state index in [0.717, 1.165) is 6.42 Å². The van der Waals surface area contributed by atoms with Gasteiger partial charge in [0.2, 0.25) is 5.91 Å². The highest BCUT2D eigenvalue weighted by Gasteiger charge is 2.26. The fourth-order valence-corrected chi connectivity index (χ4v) is 0.738. The van der Waals surface area contributed by atoms with E-state index in [0.29, 0.717) is 6.42 Å². The molecule has 10 heavy (non-hydrogen) atoms. The van der Waals surface area contributed by atoms with Crippen LogP contribution in [0, 0.1) is 5.41 Å². The molecule has 2 heteroatoms. The van der Waals surface area contributed by atoms with Gasteiger partial charge in [-0.25, -0.2) is 0 Å². The fraction of sp³-hybridized carbons (Fsp3) is 0.625. The van der Waals surface area contributed by atoms with Crippen LogP contribution in [-0.2, 0) is 4.79 Å². The average molecular weight is 141 g/mol. The number of hydrogen-bond acceptors (Lipinski definition) is 1. The number of hydrogen-bond donors (Lipinski definition) is 1. The molecule has 0 saturated heterocycles. The lowest BCUT2D eigenvalue weighted by atomic mass is 9.83. The number of primary amides is 1. The summed E-state index contributed by atoms with van der Waals surface area (Å²) in [5.74, 6) is -0.241. The van der Waals surface area contributed by atoms with Crippen molar-refractivity contribution in [3.63, 3.8) is 0 Å². The Morgan fingerprint density at radius 2 is 2.30 bits per heavy atom. The standard InChI is InChI=1S/C8H15NO/c1-4-6-8(3,5-2)7(9)10/h4H,1,5-6H2,2-3H3,(H2,9,10). The van der Waals surface area contributed by atoms with E-state index in [1.807, 2.05) is 13.8 Å². The molecule has 0 spiro atoms. The molecule has 1 amide bonds. The number of carbonyl (C=O) groups excluding carboxylic acids is 1. The quantitative estimate of drug-likeness (QED) is 0.592. The van der Waals surface area contributed by atoms with Crippen molar-refractivity contribution in [2.24, 2.45) is 11.1 Å². The van der Waals surface area contributed by atoms with Gasteiger partial charge in [0.05, 0.1) is 0 Å². The van der Waals surface area contributed by atoms with Crippen molar-refractivity contribution < 1.29 is 4.79 Å². The van der Waals surface area contributed by atoms with Crippen LogP contribution >= 0.6 is 0 Å². The van der Waals surface area contributed by atoms with Crippen LogP contribution in [0.25, 0.3) is 0 Å². The molecule has 0 radical (unpaired) electrons. The van der Waals surface area contributed by atoms with Crippen LogP contribution < -0.4 is 5.73 Å². The minimum absolute atomic E-state index is 0.241. The SMILES string of the molecule is C=CCC(C)(CC)C(N)=O. The Balaban J connectivity index is 4.21. The van der Waals surface area contributed by atoms with Crippen LogP contribution in [0.5, 0.6) is 0 Å². The molecular formula is C8H15NO. The van der Waals surface area contributed by atoms with Crippen molar-refractivity contribution in [2.45, 2.75) is 26.7 Å². The van der Waals surface area contributed by atoms with Crippen LogP contribution in [0.2, 0.25) is 0 Å². The van der Waals surface area contributed by atoms with Crippen LogP contribution in [0.4, 0.5) is 0 Å². The summed E-state index contributed by atoms with van der Waals surface area (Å²) in [5, 5.41) is 0. The van der Waals surface area contributed by atoms with Crippen molar-refractivity contribution in [2.75, 3.05) is 0 Å². The first kappa shape index (κ1) is 9.21. The number of allylic oxidation sites excluding steroid dienone is 1. The summed E-state index contributed by atoms with van der Waals surface area (Å²) in [6.45, 7) is 7.38. The summed E-state index contributed by atoms with van der Waals surface area (Å²) in [6, 6.07) is 0. The maximum absolute atomic E-state index is 10.8. The lowest BCUT2D eigenvalue weighted by Gasteiger charge is -2.21. The van der Waals surface area contributed by atoms with E-state index in [2.05, 4.69) is 6.58 Å². The van der Waals surface area contributed by atoms with Gasteiger partial charge in [0, 0.05) is 5.41 Å². The highest BCUT2D eigenvalue weighted by Crippen LogP contribution is 2.24. The second-order valence-electron chi connectivity index (χ2n) is 2.77. The minimum Gasteiger partial charge on any atom is -0.369 e. The van der Waals surface area contributed by atoms with E-state index in [4.69, 9.17) is 5.73 Å². The zero-order valence-corrected chi connectivity index (χ0v) is 6.68. The molecule has 0 heterocycles. The topological polar surface area (TPSA) is 43.1 Å². The summed E-state index contributed by atoms with van der Waals surface area (Å²) < 4.78 is 0. The lowest BCUT2D eigenvalue weighted by Crippen LogP contribution is -2.33. The molecule has 0 aliphatic heterocycles. The fourth-order valence-electron chi connectivity index (χ4n) is 0.738. The zero-order chi connectivity index (χ0) is 8.20. The molecule has 2 nitrogen and oxygen atoms in total. The van der Waals surface area contributed by atoms with E-state index >= 15 is 0 Å². The van der Waals surface area contributed by atoms with E-state index in [1.54, 1.807) is 6.08 Å². The largest absolute Gasteiger partial charge is 0.369 e. The normalized spacial score (nSPS) is 15.8. The Morgan fingerprint density at radius 1 is 1.80 bits per heavy atom. The number of amides is 1. The molecule has 1 unspecified atom stereocenters. The van der Waals surface area contributed by atoms with Crippen molar-refractivity contribution in [1.29, 1.82) is 0 Å². The summed E-state index contributed by atoms with van der Waals surface area (Å²) in [4.78, 5) is 10.8. The molecule has 0 aliphatic carbocycles. The van der Waals surface area contributed by atoms with Crippen molar-refractivity contribution in [3.8, 4) is 0 Å². The molecule has 0 fully saturated rings. The average Bonchev–Trinajstić information content (AvgIpc) is 1.88. The first-order valence-electron chi connectivity index (χ1n) is 3.47. The Morgan fingerprint density at radius 3 is 2.40 bits per heavy atom. The van der Waals surface area contributed by atoms with Crippen LogP contribution in [0.1, 0.15) is 26.7 Å². The first-order valence-corrected chi connectivity index (χ1v) is 3.47. The van der Waals surface area contributed by atoms with Crippen LogP contribution in [0.15, 0.2) is 12.7 Å².